The molecule has 0 aliphatic rings. The smallest absolute Gasteiger partial charge is 0.351 e. The monoisotopic (exact) mass is 193 g/mol. The lowest BCUT2D eigenvalue weighted by molar-refractivity contribution is -0.135. The fourth-order valence-corrected chi connectivity index (χ4v) is 0.730. The molecule has 0 aromatic carbocycles. The van der Waals surface area contributed by atoms with Crippen molar-refractivity contribution in [3.63, 3.8) is 0 Å². The van der Waals surface area contributed by atoms with Crippen LogP contribution in [0.2, 0.25) is 0 Å². The maximum Gasteiger partial charge on any atom is 0.351 e. The van der Waals surface area contributed by atoms with Crippen LogP contribution < -0.4 is 0 Å². The molecule has 0 unspecified atom stereocenters. The number of nitrogens with one attached hydrogen (secondary N) is 1. The van der Waals surface area contributed by atoms with Crippen molar-refractivity contribution in [1.29, 1.82) is 5.41 Å². The quantitative estimate of drug-likeness (QED) is 0.230. The Kier molecular flexibility index (Phi) is 7.16. The van der Waals surface area contributed by atoms with Crippen molar-refractivity contribution in [2.24, 2.45) is 0 Å². The number of hydrogen-bond acceptors (Lipinski definition) is 3. The predicted octanol–water partition coefficient (Wildman–Crippen LogP) is 1.93. The largest absolute Gasteiger partial charge is 0.461 e. The number of ether oxygens (including phenoxy) is 1. The van der Waals surface area contributed by atoms with Crippen LogP contribution in [-0.2, 0) is 9.53 Å². The van der Waals surface area contributed by atoms with Gasteiger partial charge in [0, 0.05) is 6.42 Å². The number of unbranched alkanes of at least 4 members (excludes halogenated alkanes) is 1. The van der Waals surface area contributed by atoms with E-state index in [-0.39, 0.29) is 5.71 Å². The topological polar surface area (TPSA) is 50.2 Å². The first kappa shape index (κ1) is 12.4. The average molecular weight is 193 g/mol. The molecule has 0 radical (unpaired) electrons. The van der Waals surface area contributed by atoms with Crippen molar-refractivity contribution < 1.29 is 9.53 Å². The van der Waals surface area contributed by atoms with E-state index < -0.39 is 5.97 Å². The van der Waals surface area contributed by atoms with E-state index >= 15 is 0 Å². The fraction of sp³-hybridized carbons (Fsp3) is 0.455. The van der Waals surface area contributed by atoms with Crippen LogP contribution in [0.25, 0.3) is 0 Å². The third-order valence-corrected chi connectivity index (χ3v) is 1.45. The Morgan fingerprint density at radius 2 is 2.14 bits per heavy atom. The van der Waals surface area contributed by atoms with Crippen LogP contribution in [0.15, 0.2) is 12.2 Å². The van der Waals surface area contributed by atoms with Crippen molar-refractivity contribution in [1.82, 2.24) is 0 Å². The van der Waals surface area contributed by atoms with Gasteiger partial charge in [-0.25, -0.2) is 4.79 Å². The molecule has 0 rings (SSSR count). The Morgan fingerprint density at radius 3 is 2.71 bits per heavy atom. The molecule has 76 valence electrons. The van der Waals surface area contributed by atoms with Gasteiger partial charge >= 0.3 is 5.97 Å². The molecule has 0 heterocycles. The number of carbonyl (C=O) groups is 1. The molecule has 0 saturated heterocycles. The van der Waals surface area contributed by atoms with E-state index in [0.29, 0.717) is 13.0 Å². The summed E-state index contributed by atoms with van der Waals surface area (Å²) in [6, 6.07) is 0. The predicted molar refractivity (Wildman–Crippen MR) is 56.2 cm³/mol. The molecule has 1 N–H and O–H groups in total. The molecule has 0 amide bonds. The molecule has 0 aliphatic heterocycles. The maximum atomic E-state index is 10.8. The third-order valence-electron chi connectivity index (χ3n) is 1.45. The molecule has 0 spiro atoms. The summed E-state index contributed by atoms with van der Waals surface area (Å²) in [6.45, 7) is 1.73. The Balaban J connectivity index is 3.38. The van der Waals surface area contributed by atoms with Gasteiger partial charge < -0.3 is 4.74 Å². The van der Waals surface area contributed by atoms with Gasteiger partial charge in [0.05, 0.1) is 6.61 Å². The number of carbonyl (C=O) groups excluding carboxylic acids is 1. The van der Waals surface area contributed by atoms with Crippen molar-refractivity contribution in [2.75, 3.05) is 6.61 Å². The molecule has 3 heteroatoms. The highest BCUT2D eigenvalue weighted by Crippen LogP contribution is 1.92. The van der Waals surface area contributed by atoms with Crippen LogP contribution in [0.4, 0.5) is 0 Å². The first-order valence-corrected chi connectivity index (χ1v) is 4.49. The van der Waals surface area contributed by atoms with E-state index in [1.807, 2.05) is 12.2 Å². The molecule has 0 aromatic heterocycles. The summed E-state index contributed by atoms with van der Waals surface area (Å²) in [6.07, 6.45) is 11.2. The van der Waals surface area contributed by atoms with E-state index in [1.54, 1.807) is 0 Å². The van der Waals surface area contributed by atoms with Crippen LogP contribution in [-0.4, -0.2) is 18.3 Å². The maximum absolute atomic E-state index is 10.8. The molecular formula is C11H15NO2. The highest BCUT2D eigenvalue weighted by Gasteiger charge is 2.02. The van der Waals surface area contributed by atoms with Gasteiger partial charge in [0.2, 0.25) is 0 Å². The number of terminal acetylenes is 1. The van der Waals surface area contributed by atoms with Crippen LogP contribution in [0, 0.1) is 17.8 Å². The lowest BCUT2D eigenvalue weighted by atomic mass is 10.3. The van der Waals surface area contributed by atoms with E-state index in [2.05, 4.69) is 5.92 Å². The Hall–Kier alpha value is -1.56. The highest BCUT2D eigenvalue weighted by atomic mass is 16.5. The van der Waals surface area contributed by atoms with Gasteiger partial charge in [-0.3, -0.25) is 5.41 Å². The zero-order chi connectivity index (χ0) is 10.8. The minimum atomic E-state index is -0.554. The number of esters is 1. The first-order chi connectivity index (χ1) is 6.68. The molecule has 3 nitrogen and oxygen atoms in total. The molecule has 0 aliphatic carbocycles. The van der Waals surface area contributed by atoms with Crippen LogP contribution in [0.1, 0.15) is 26.2 Å². The van der Waals surface area contributed by atoms with Gasteiger partial charge in [-0.15, -0.1) is 12.3 Å². The lowest BCUT2D eigenvalue weighted by Crippen LogP contribution is -2.13. The highest BCUT2D eigenvalue weighted by molar-refractivity contribution is 6.33. The van der Waals surface area contributed by atoms with E-state index in [9.17, 15) is 4.79 Å². The summed E-state index contributed by atoms with van der Waals surface area (Å²) in [5, 5.41) is 6.96. The Morgan fingerprint density at radius 1 is 1.50 bits per heavy atom. The van der Waals surface area contributed by atoms with Crippen molar-refractivity contribution in [3.05, 3.63) is 12.2 Å². The zero-order valence-corrected chi connectivity index (χ0v) is 8.38. The van der Waals surface area contributed by atoms with Crippen LogP contribution in [0.3, 0.4) is 0 Å². The van der Waals surface area contributed by atoms with Crippen molar-refractivity contribution >= 4 is 11.7 Å². The average Bonchev–Trinajstić information content (AvgIpc) is 2.16. The summed E-state index contributed by atoms with van der Waals surface area (Å²) >= 11 is 0. The number of hydrogen-bond donors (Lipinski definition) is 1. The summed E-state index contributed by atoms with van der Waals surface area (Å²) in [7, 11) is 0. The standard InChI is InChI=1S/C11H15NO2/c1-3-4-5-6-7-8-9-14-11(13)10(2)12/h1,6-7,12H,4-5,8-9H2,2H3/b7-6-,12-10?. The first-order valence-electron chi connectivity index (χ1n) is 4.49. The van der Waals surface area contributed by atoms with Gasteiger partial charge in [-0.05, 0) is 19.8 Å². The van der Waals surface area contributed by atoms with Crippen LogP contribution >= 0.6 is 0 Å². The Labute approximate surface area is 84.7 Å². The van der Waals surface area contributed by atoms with Crippen molar-refractivity contribution in [2.45, 2.75) is 26.2 Å². The van der Waals surface area contributed by atoms with E-state index in [4.69, 9.17) is 16.6 Å². The minimum Gasteiger partial charge on any atom is -0.461 e. The second kappa shape index (κ2) is 8.06. The second-order valence-electron chi connectivity index (χ2n) is 2.76. The fourth-order valence-electron chi connectivity index (χ4n) is 0.730. The summed E-state index contributed by atoms with van der Waals surface area (Å²) < 4.78 is 4.75. The van der Waals surface area contributed by atoms with E-state index in [0.717, 1.165) is 12.8 Å². The summed E-state index contributed by atoms with van der Waals surface area (Å²) in [4.78, 5) is 10.8. The summed E-state index contributed by atoms with van der Waals surface area (Å²) in [5.74, 6) is 1.97. The zero-order valence-electron chi connectivity index (χ0n) is 8.38. The molecule has 0 saturated carbocycles. The molecular weight excluding hydrogens is 178 g/mol. The second-order valence-corrected chi connectivity index (χ2v) is 2.76. The molecule has 0 aromatic rings. The molecule has 0 atom stereocenters. The Bertz CT molecular complexity index is 261. The SMILES string of the molecule is C#CCC/C=C\CCOC(=O)C(C)=N. The molecule has 0 fully saturated rings. The summed E-state index contributed by atoms with van der Waals surface area (Å²) in [5.41, 5.74) is -0.0682. The molecule has 14 heavy (non-hydrogen) atoms. The van der Waals surface area contributed by atoms with Gasteiger partial charge in [-0.1, -0.05) is 12.2 Å². The van der Waals surface area contributed by atoms with Gasteiger partial charge in [0.1, 0.15) is 5.71 Å². The van der Waals surface area contributed by atoms with Crippen LogP contribution in [0.5, 0.6) is 0 Å². The van der Waals surface area contributed by atoms with E-state index in [1.165, 1.54) is 6.92 Å². The van der Waals surface area contributed by atoms with Gasteiger partial charge in [0.15, 0.2) is 0 Å². The van der Waals surface area contributed by atoms with Gasteiger partial charge in [-0.2, -0.15) is 0 Å². The minimum absolute atomic E-state index is 0.0682. The van der Waals surface area contributed by atoms with Crippen molar-refractivity contribution in [3.8, 4) is 12.3 Å². The van der Waals surface area contributed by atoms with Gasteiger partial charge in [0.25, 0.3) is 0 Å². The number of rotatable bonds is 6. The normalized spacial score (nSPS) is 9.71. The molecule has 0 bridgehead atoms. The third kappa shape index (κ3) is 7.11. The lowest BCUT2D eigenvalue weighted by Gasteiger charge is -1.99. The number of allylic oxidation sites excluding steroid dienone is 1.